The molecule has 0 aliphatic rings. The molecule has 0 saturated heterocycles. The van der Waals surface area contributed by atoms with Crippen molar-refractivity contribution >= 4 is 15.8 Å². The quantitative estimate of drug-likeness (QED) is 0.902. The summed E-state index contributed by atoms with van der Waals surface area (Å²) in [5, 5.41) is 8.87. The number of aromatic carboxylic acids is 1. The van der Waals surface area contributed by atoms with Crippen LogP contribution in [0.2, 0.25) is 0 Å². The van der Waals surface area contributed by atoms with Crippen molar-refractivity contribution in [1.29, 1.82) is 0 Å². The predicted molar refractivity (Wildman–Crippen MR) is 70.1 cm³/mol. The molecule has 0 fully saturated rings. The van der Waals surface area contributed by atoms with Crippen LogP contribution in [0.1, 0.15) is 41.3 Å². The Morgan fingerprint density at radius 1 is 1.29 bits per heavy atom. The Morgan fingerprint density at radius 2 is 1.86 bits per heavy atom. The molecule has 0 aliphatic heterocycles. The van der Waals surface area contributed by atoms with Crippen LogP contribution in [0.15, 0.2) is 17.0 Å². The van der Waals surface area contributed by atoms with Gasteiger partial charge in [-0.1, -0.05) is 13.3 Å². The van der Waals surface area contributed by atoms with Gasteiger partial charge in [0.25, 0.3) is 0 Å². The number of hydrogen-bond donors (Lipinski definition) is 1. The van der Waals surface area contributed by atoms with E-state index in [9.17, 15) is 26.4 Å². The summed E-state index contributed by atoms with van der Waals surface area (Å²) < 4.78 is 63.1. The lowest BCUT2D eigenvalue weighted by atomic mass is 10.0. The fraction of sp³-hybridized carbons (Fsp3) is 0.462. The van der Waals surface area contributed by atoms with Crippen LogP contribution in [0, 0.1) is 6.92 Å². The Bertz CT molecular complexity index is 648. The number of alkyl halides is 3. The van der Waals surface area contributed by atoms with Gasteiger partial charge in [0, 0.05) is 0 Å². The molecule has 0 radical (unpaired) electrons. The van der Waals surface area contributed by atoms with Crippen molar-refractivity contribution in [2.45, 2.75) is 37.8 Å². The monoisotopic (exact) mass is 324 g/mol. The second-order valence-corrected chi connectivity index (χ2v) is 6.72. The van der Waals surface area contributed by atoms with Crippen molar-refractivity contribution in [3.05, 3.63) is 28.8 Å². The number of halogens is 3. The Balaban J connectivity index is 3.58. The first-order valence-electron chi connectivity index (χ1n) is 6.18. The van der Waals surface area contributed by atoms with Gasteiger partial charge in [0.05, 0.1) is 21.8 Å². The number of hydrogen-bond acceptors (Lipinski definition) is 3. The first-order valence-corrected chi connectivity index (χ1v) is 7.83. The molecule has 21 heavy (non-hydrogen) atoms. The zero-order valence-corrected chi connectivity index (χ0v) is 12.3. The number of benzene rings is 1. The van der Waals surface area contributed by atoms with Crippen molar-refractivity contribution in [3.8, 4) is 0 Å². The van der Waals surface area contributed by atoms with Crippen LogP contribution in [0.25, 0.3) is 0 Å². The summed E-state index contributed by atoms with van der Waals surface area (Å²) in [6.07, 6.45) is -4.18. The molecule has 1 N–H and O–H groups in total. The van der Waals surface area contributed by atoms with Crippen LogP contribution in [-0.4, -0.2) is 25.2 Å². The minimum atomic E-state index is -4.94. The summed E-state index contributed by atoms with van der Waals surface area (Å²) in [7, 11) is -4.11. The van der Waals surface area contributed by atoms with Gasteiger partial charge in [0.2, 0.25) is 0 Å². The molecule has 0 unspecified atom stereocenters. The molecule has 1 aromatic rings. The normalized spacial score (nSPS) is 12.4. The Labute approximate surface area is 120 Å². The summed E-state index contributed by atoms with van der Waals surface area (Å²) in [6.45, 7) is 2.99. The lowest BCUT2D eigenvalue weighted by Gasteiger charge is -2.15. The van der Waals surface area contributed by atoms with Crippen molar-refractivity contribution < 1.29 is 31.5 Å². The second-order valence-electron chi connectivity index (χ2n) is 4.64. The molecule has 0 aromatic heterocycles. The fourth-order valence-electron chi connectivity index (χ4n) is 1.84. The van der Waals surface area contributed by atoms with E-state index in [1.54, 1.807) is 6.92 Å². The number of carboxylic acids is 1. The SMILES string of the molecule is CCCCS(=O)(=O)c1cc(C)c(C(=O)O)cc1C(F)(F)F. The number of rotatable bonds is 5. The Hall–Kier alpha value is -1.57. The van der Waals surface area contributed by atoms with Crippen molar-refractivity contribution in [3.63, 3.8) is 0 Å². The van der Waals surface area contributed by atoms with Crippen LogP contribution >= 0.6 is 0 Å². The minimum Gasteiger partial charge on any atom is -0.478 e. The fourth-order valence-corrected chi connectivity index (χ4v) is 3.59. The van der Waals surface area contributed by atoms with Crippen LogP contribution in [0.4, 0.5) is 13.2 Å². The van der Waals surface area contributed by atoms with Crippen LogP contribution < -0.4 is 0 Å². The molecule has 0 amide bonds. The first-order chi connectivity index (χ1) is 9.50. The number of sulfone groups is 1. The van der Waals surface area contributed by atoms with E-state index in [1.807, 2.05) is 0 Å². The highest BCUT2D eigenvalue weighted by Gasteiger charge is 2.38. The summed E-state index contributed by atoms with van der Waals surface area (Å²) in [4.78, 5) is 10.1. The van der Waals surface area contributed by atoms with Gasteiger partial charge in [0.15, 0.2) is 9.84 Å². The highest BCUT2D eigenvalue weighted by atomic mass is 32.2. The predicted octanol–water partition coefficient (Wildman–Crippen LogP) is 3.29. The standard InChI is InChI=1S/C13H15F3O4S/c1-3-4-5-21(19,20)11-6-8(2)9(12(17)18)7-10(11)13(14,15)16/h6-7H,3-5H2,1-2H3,(H,17,18). The summed E-state index contributed by atoms with van der Waals surface area (Å²) in [5.74, 6) is -1.94. The summed E-state index contributed by atoms with van der Waals surface area (Å²) in [6, 6.07) is 1.17. The van der Waals surface area contributed by atoms with Crippen LogP contribution in [0.5, 0.6) is 0 Å². The molecule has 1 aromatic carbocycles. The molecule has 0 heterocycles. The highest BCUT2D eigenvalue weighted by molar-refractivity contribution is 7.91. The Morgan fingerprint density at radius 3 is 2.29 bits per heavy atom. The molecule has 118 valence electrons. The largest absolute Gasteiger partial charge is 0.478 e. The van der Waals surface area contributed by atoms with Gasteiger partial charge in [-0.25, -0.2) is 13.2 Å². The topological polar surface area (TPSA) is 71.4 Å². The number of unbranched alkanes of at least 4 members (excludes halogenated alkanes) is 1. The van der Waals surface area contributed by atoms with E-state index in [1.165, 1.54) is 6.92 Å². The van der Waals surface area contributed by atoms with Gasteiger partial charge in [0.1, 0.15) is 0 Å². The molecular weight excluding hydrogens is 309 g/mol. The van der Waals surface area contributed by atoms with E-state index in [-0.39, 0.29) is 12.0 Å². The third kappa shape index (κ3) is 3.96. The van der Waals surface area contributed by atoms with Gasteiger partial charge in [-0.3, -0.25) is 0 Å². The van der Waals surface area contributed by atoms with Gasteiger partial charge in [-0.2, -0.15) is 13.2 Å². The average molecular weight is 324 g/mol. The molecule has 1 rings (SSSR count). The zero-order chi connectivity index (χ0) is 16.4. The molecule has 0 bridgehead atoms. The number of carboxylic acid groups (broad SMARTS) is 1. The number of carbonyl (C=O) groups is 1. The smallest absolute Gasteiger partial charge is 0.417 e. The van der Waals surface area contributed by atoms with Crippen molar-refractivity contribution in [2.24, 2.45) is 0 Å². The van der Waals surface area contributed by atoms with E-state index >= 15 is 0 Å². The zero-order valence-electron chi connectivity index (χ0n) is 11.5. The maximum absolute atomic E-state index is 13.0. The molecule has 8 heteroatoms. The third-order valence-corrected chi connectivity index (χ3v) is 4.80. The molecule has 4 nitrogen and oxygen atoms in total. The highest BCUT2D eigenvalue weighted by Crippen LogP contribution is 2.36. The van der Waals surface area contributed by atoms with Crippen LogP contribution in [-0.2, 0) is 16.0 Å². The molecule has 0 saturated carbocycles. The molecule has 0 aliphatic carbocycles. The number of aryl methyl sites for hydroxylation is 1. The first kappa shape index (κ1) is 17.5. The lowest BCUT2D eigenvalue weighted by Crippen LogP contribution is -2.17. The maximum atomic E-state index is 13.0. The molecular formula is C13H15F3O4S. The van der Waals surface area contributed by atoms with E-state index < -0.39 is 43.8 Å². The van der Waals surface area contributed by atoms with E-state index in [2.05, 4.69) is 0 Å². The minimum absolute atomic E-state index is 0.0226. The van der Waals surface area contributed by atoms with Crippen molar-refractivity contribution in [1.82, 2.24) is 0 Å². The second kappa shape index (κ2) is 6.05. The van der Waals surface area contributed by atoms with E-state index in [0.29, 0.717) is 12.5 Å². The van der Waals surface area contributed by atoms with E-state index in [0.717, 1.165) is 6.07 Å². The average Bonchev–Trinajstić information content (AvgIpc) is 2.34. The van der Waals surface area contributed by atoms with Gasteiger partial charge in [-0.15, -0.1) is 0 Å². The van der Waals surface area contributed by atoms with Gasteiger partial charge >= 0.3 is 12.1 Å². The summed E-state index contributed by atoms with van der Waals surface area (Å²) in [5.41, 5.74) is -2.01. The molecule has 0 atom stereocenters. The van der Waals surface area contributed by atoms with Gasteiger partial charge < -0.3 is 5.11 Å². The van der Waals surface area contributed by atoms with Crippen LogP contribution in [0.3, 0.4) is 0 Å². The lowest BCUT2D eigenvalue weighted by molar-refractivity contribution is -0.139. The summed E-state index contributed by atoms with van der Waals surface area (Å²) >= 11 is 0. The van der Waals surface area contributed by atoms with Gasteiger partial charge in [-0.05, 0) is 31.0 Å². The third-order valence-electron chi connectivity index (χ3n) is 2.96. The maximum Gasteiger partial charge on any atom is 0.417 e. The molecule has 0 spiro atoms. The Kier molecular flexibility index (Phi) is 5.03. The van der Waals surface area contributed by atoms with E-state index in [4.69, 9.17) is 5.11 Å². The van der Waals surface area contributed by atoms with Crippen molar-refractivity contribution in [2.75, 3.05) is 5.75 Å².